The van der Waals surface area contributed by atoms with E-state index in [0.29, 0.717) is 11.6 Å². The molecule has 0 aromatic carbocycles. The number of nitrogens with zero attached hydrogens (tertiary/aromatic N) is 2. The zero-order chi connectivity index (χ0) is 8.81. The second-order valence-electron chi connectivity index (χ2n) is 2.30. The summed E-state index contributed by atoms with van der Waals surface area (Å²) in [6.07, 6.45) is 8.45. The Morgan fingerprint density at radius 3 is 3.17 bits per heavy atom. The van der Waals surface area contributed by atoms with Crippen molar-refractivity contribution in [1.29, 1.82) is 0 Å². The third-order valence-electron chi connectivity index (χ3n) is 1.35. The van der Waals surface area contributed by atoms with Crippen molar-refractivity contribution in [2.45, 2.75) is 6.54 Å². The molecule has 4 heteroatoms. The smallest absolute Gasteiger partial charge is 0.0785 e. The summed E-state index contributed by atoms with van der Waals surface area (Å²) in [6.45, 7) is 2.19. The van der Waals surface area contributed by atoms with Crippen LogP contribution in [-0.4, -0.2) is 22.9 Å². The van der Waals surface area contributed by atoms with Crippen molar-refractivity contribution < 1.29 is 0 Å². The largest absolute Gasteiger partial charge is 0.304 e. The first-order valence-electron chi connectivity index (χ1n) is 3.65. The van der Waals surface area contributed by atoms with E-state index in [0.717, 1.165) is 13.1 Å². The molecular formula is C8H10ClN3. The minimum atomic E-state index is 0.592. The van der Waals surface area contributed by atoms with E-state index in [-0.39, 0.29) is 0 Å². The van der Waals surface area contributed by atoms with Gasteiger partial charge in [0.15, 0.2) is 0 Å². The van der Waals surface area contributed by atoms with Gasteiger partial charge in [-0.25, -0.2) is 0 Å². The molecule has 1 rings (SSSR count). The zero-order valence-electron chi connectivity index (χ0n) is 6.63. The van der Waals surface area contributed by atoms with Crippen molar-refractivity contribution in [1.82, 2.24) is 15.1 Å². The molecule has 1 aromatic rings. The molecule has 0 spiro atoms. The summed E-state index contributed by atoms with van der Waals surface area (Å²) < 4.78 is 1.77. The molecule has 0 aliphatic heterocycles. The van der Waals surface area contributed by atoms with Crippen LogP contribution in [0.3, 0.4) is 0 Å². The lowest BCUT2D eigenvalue weighted by molar-refractivity contribution is 0.575. The lowest BCUT2D eigenvalue weighted by atomic mass is 10.6. The van der Waals surface area contributed by atoms with Gasteiger partial charge in [-0.1, -0.05) is 17.5 Å². The molecule has 0 saturated heterocycles. The maximum absolute atomic E-state index is 5.66. The highest BCUT2D eigenvalue weighted by Crippen LogP contribution is 2.03. The van der Waals surface area contributed by atoms with Crippen molar-refractivity contribution in [2.75, 3.05) is 13.1 Å². The molecular weight excluding hydrogens is 174 g/mol. The minimum absolute atomic E-state index is 0.592. The molecule has 0 amide bonds. The number of terminal acetylenes is 1. The van der Waals surface area contributed by atoms with Crippen LogP contribution in [0.5, 0.6) is 0 Å². The summed E-state index contributed by atoms with van der Waals surface area (Å²) in [6, 6.07) is 0. The summed E-state index contributed by atoms with van der Waals surface area (Å²) in [7, 11) is 0. The predicted octanol–water partition coefficient (Wildman–Crippen LogP) is 0.759. The average Bonchev–Trinajstić information content (AvgIpc) is 2.45. The molecule has 0 radical (unpaired) electrons. The van der Waals surface area contributed by atoms with E-state index >= 15 is 0 Å². The second-order valence-corrected chi connectivity index (χ2v) is 2.74. The van der Waals surface area contributed by atoms with Crippen LogP contribution in [0.2, 0.25) is 5.02 Å². The predicted molar refractivity (Wildman–Crippen MR) is 48.9 cm³/mol. The molecule has 0 atom stereocenters. The fraction of sp³-hybridized carbons (Fsp3) is 0.375. The third kappa shape index (κ3) is 2.95. The molecule has 3 nitrogen and oxygen atoms in total. The van der Waals surface area contributed by atoms with Crippen LogP contribution in [0.4, 0.5) is 0 Å². The molecule has 0 saturated carbocycles. The van der Waals surface area contributed by atoms with Crippen molar-refractivity contribution >= 4 is 11.6 Å². The van der Waals surface area contributed by atoms with Gasteiger partial charge in [-0.15, -0.1) is 6.42 Å². The highest BCUT2D eigenvalue weighted by atomic mass is 35.5. The number of halogens is 1. The quantitative estimate of drug-likeness (QED) is 0.552. The number of hydrogen-bond donors (Lipinski definition) is 1. The summed E-state index contributed by atoms with van der Waals surface area (Å²) in [5, 5.41) is 7.72. The Balaban J connectivity index is 2.21. The minimum Gasteiger partial charge on any atom is -0.304 e. The lowest BCUT2D eigenvalue weighted by Gasteiger charge is -2.00. The molecule has 64 valence electrons. The van der Waals surface area contributed by atoms with Crippen molar-refractivity contribution in [3.8, 4) is 12.3 Å². The normalized spacial score (nSPS) is 9.67. The standard InChI is InChI=1S/C8H10ClN3/c1-2-3-10-4-5-12-7-8(9)6-11-12/h1,6-7,10H,3-5H2. The summed E-state index contributed by atoms with van der Waals surface area (Å²) in [4.78, 5) is 0. The Kier molecular flexibility index (Phi) is 3.65. The molecule has 0 aliphatic rings. The van der Waals surface area contributed by atoms with Crippen LogP contribution in [0.25, 0.3) is 0 Å². The van der Waals surface area contributed by atoms with Crippen molar-refractivity contribution in [3.05, 3.63) is 17.4 Å². The molecule has 0 unspecified atom stereocenters. The second kappa shape index (κ2) is 4.81. The van der Waals surface area contributed by atoms with Gasteiger partial charge in [0.05, 0.1) is 24.3 Å². The molecule has 1 N–H and O–H groups in total. The van der Waals surface area contributed by atoms with Crippen LogP contribution < -0.4 is 5.32 Å². The van der Waals surface area contributed by atoms with Gasteiger partial charge in [0, 0.05) is 12.7 Å². The van der Waals surface area contributed by atoms with Crippen LogP contribution in [-0.2, 0) is 6.54 Å². The first-order chi connectivity index (χ1) is 5.83. The van der Waals surface area contributed by atoms with E-state index in [1.807, 2.05) is 0 Å². The first-order valence-corrected chi connectivity index (χ1v) is 4.03. The number of rotatable bonds is 4. The molecule has 0 bridgehead atoms. The Morgan fingerprint density at radius 1 is 1.75 bits per heavy atom. The molecule has 12 heavy (non-hydrogen) atoms. The van der Waals surface area contributed by atoms with Gasteiger partial charge >= 0.3 is 0 Å². The summed E-state index contributed by atoms with van der Waals surface area (Å²) in [5.74, 6) is 2.49. The van der Waals surface area contributed by atoms with Crippen LogP contribution in [0.1, 0.15) is 0 Å². The van der Waals surface area contributed by atoms with E-state index in [4.69, 9.17) is 18.0 Å². The monoisotopic (exact) mass is 183 g/mol. The van der Waals surface area contributed by atoms with Gasteiger partial charge in [0.25, 0.3) is 0 Å². The maximum Gasteiger partial charge on any atom is 0.0785 e. The van der Waals surface area contributed by atoms with E-state index in [2.05, 4.69) is 16.3 Å². The van der Waals surface area contributed by atoms with E-state index in [1.165, 1.54) is 0 Å². The fourth-order valence-electron chi connectivity index (χ4n) is 0.815. The van der Waals surface area contributed by atoms with E-state index < -0.39 is 0 Å². The van der Waals surface area contributed by atoms with Gasteiger partial charge < -0.3 is 5.32 Å². The fourth-order valence-corrected chi connectivity index (χ4v) is 0.971. The number of nitrogens with one attached hydrogen (secondary N) is 1. The lowest BCUT2D eigenvalue weighted by Crippen LogP contribution is -2.20. The van der Waals surface area contributed by atoms with Gasteiger partial charge in [0.1, 0.15) is 0 Å². The van der Waals surface area contributed by atoms with Gasteiger partial charge in [-0.05, 0) is 0 Å². The highest BCUT2D eigenvalue weighted by Gasteiger charge is 1.93. The van der Waals surface area contributed by atoms with E-state index in [1.54, 1.807) is 17.1 Å². The molecule has 0 aliphatic carbocycles. The van der Waals surface area contributed by atoms with Crippen LogP contribution in [0.15, 0.2) is 12.4 Å². The highest BCUT2D eigenvalue weighted by molar-refractivity contribution is 6.30. The van der Waals surface area contributed by atoms with Crippen molar-refractivity contribution in [2.24, 2.45) is 0 Å². The SMILES string of the molecule is C#CCNCCn1cc(Cl)cn1. The summed E-state index contributed by atoms with van der Waals surface area (Å²) >= 11 is 5.66. The Bertz CT molecular complexity index is 274. The van der Waals surface area contributed by atoms with Crippen LogP contribution in [0, 0.1) is 12.3 Å². The third-order valence-corrected chi connectivity index (χ3v) is 1.54. The zero-order valence-corrected chi connectivity index (χ0v) is 7.38. The summed E-state index contributed by atoms with van der Waals surface area (Å²) in [5.41, 5.74) is 0. The molecule has 0 fully saturated rings. The maximum atomic E-state index is 5.66. The van der Waals surface area contributed by atoms with Crippen molar-refractivity contribution in [3.63, 3.8) is 0 Å². The van der Waals surface area contributed by atoms with E-state index in [9.17, 15) is 0 Å². The van der Waals surface area contributed by atoms with Gasteiger partial charge in [-0.3, -0.25) is 4.68 Å². The van der Waals surface area contributed by atoms with Gasteiger partial charge in [-0.2, -0.15) is 5.10 Å². The molecule has 1 heterocycles. The van der Waals surface area contributed by atoms with Gasteiger partial charge in [0.2, 0.25) is 0 Å². The topological polar surface area (TPSA) is 29.9 Å². The number of hydrogen-bond acceptors (Lipinski definition) is 2. The Morgan fingerprint density at radius 2 is 2.58 bits per heavy atom. The molecule has 1 aromatic heterocycles. The Labute approximate surface area is 76.7 Å². The average molecular weight is 184 g/mol. The number of aromatic nitrogens is 2. The van der Waals surface area contributed by atoms with Crippen LogP contribution >= 0.6 is 11.6 Å². The first kappa shape index (κ1) is 9.11. The Hall–Kier alpha value is -0.980.